The molecule has 1 amide bonds. The fourth-order valence-corrected chi connectivity index (χ4v) is 4.80. The molecule has 6 nitrogen and oxygen atoms in total. The van der Waals surface area contributed by atoms with Crippen molar-refractivity contribution in [1.29, 1.82) is 0 Å². The molecule has 3 heterocycles. The largest absolute Gasteiger partial charge is 0.497 e. The molecule has 31 heavy (non-hydrogen) atoms. The van der Waals surface area contributed by atoms with Crippen molar-refractivity contribution in [3.8, 4) is 11.5 Å². The summed E-state index contributed by atoms with van der Waals surface area (Å²) >= 11 is 0. The van der Waals surface area contributed by atoms with E-state index >= 15 is 0 Å². The number of amides is 1. The normalized spacial score (nSPS) is 19.0. The van der Waals surface area contributed by atoms with Crippen molar-refractivity contribution >= 4 is 22.6 Å². The lowest BCUT2D eigenvalue weighted by Crippen LogP contribution is -2.42. The summed E-state index contributed by atoms with van der Waals surface area (Å²) in [4.78, 5) is 15.8. The number of rotatable bonds is 3. The SMILES string of the molecule is COc1ccc(CN2C(=O)C3(COc4cc5c(C)noc5cc43)c3ccccc32)cc1. The van der Waals surface area contributed by atoms with Gasteiger partial charge in [0.2, 0.25) is 5.91 Å². The molecule has 6 heteroatoms. The molecule has 0 saturated carbocycles. The maximum Gasteiger partial charge on any atom is 0.246 e. The molecule has 6 rings (SSSR count). The molecule has 0 N–H and O–H groups in total. The Hall–Kier alpha value is -3.80. The number of fused-ring (bicyclic) bond motifs is 5. The maximum atomic E-state index is 14.0. The number of para-hydroxylation sites is 1. The van der Waals surface area contributed by atoms with E-state index < -0.39 is 5.41 Å². The summed E-state index contributed by atoms with van der Waals surface area (Å²) in [5.74, 6) is 1.52. The third-order valence-corrected chi connectivity index (χ3v) is 6.42. The van der Waals surface area contributed by atoms with E-state index in [1.165, 1.54) is 0 Å². The van der Waals surface area contributed by atoms with Gasteiger partial charge in [-0.3, -0.25) is 4.79 Å². The molecule has 0 radical (unpaired) electrons. The van der Waals surface area contributed by atoms with E-state index in [4.69, 9.17) is 14.0 Å². The number of ether oxygens (including phenoxy) is 2. The van der Waals surface area contributed by atoms with Crippen molar-refractivity contribution in [2.24, 2.45) is 0 Å². The Morgan fingerprint density at radius 3 is 2.71 bits per heavy atom. The van der Waals surface area contributed by atoms with Gasteiger partial charge in [0, 0.05) is 16.6 Å². The summed E-state index contributed by atoms with van der Waals surface area (Å²) in [6.45, 7) is 2.65. The van der Waals surface area contributed by atoms with Crippen LogP contribution in [0, 0.1) is 6.92 Å². The Bertz CT molecular complexity index is 1340. The van der Waals surface area contributed by atoms with Crippen LogP contribution in [0.4, 0.5) is 5.69 Å². The predicted molar refractivity (Wildman–Crippen MR) is 116 cm³/mol. The fourth-order valence-electron chi connectivity index (χ4n) is 4.80. The molecule has 1 aromatic heterocycles. The highest BCUT2D eigenvalue weighted by Gasteiger charge is 2.57. The van der Waals surface area contributed by atoms with Gasteiger partial charge in [0.15, 0.2) is 5.58 Å². The highest BCUT2D eigenvalue weighted by molar-refractivity contribution is 6.12. The van der Waals surface area contributed by atoms with Gasteiger partial charge in [0.05, 0.1) is 19.3 Å². The van der Waals surface area contributed by atoms with Crippen LogP contribution in [-0.4, -0.2) is 24.8 Å². The Morgan fingerprint density at radius 1 is 1.10 bits per heavy atom. The second kappa shape index (κ2) is 6.35. The molecule has 154 valence electrons. The number of aryl methyl sites for hydroxylation is 1. The van der Waals surface area contributed by atoms with E-state index in [0.29, 0.717) is 17.9 Å². The van der Waals surface area contributed by atoms with Gasteiger partial charge in [-0.2, -0.15) is 0 Å². The van der Waals surface area contributed by atoms with Crippen LogP contribution in [0.25, 0.3) is 11.0 Å². The molecule has 0 saturated heterocycles. The number of hydrogen-bond acceptors (Lipinski definition) is 5. The van der Waals surface area contributed by atoms with Crippen LogP contribution in [-0.2, 0) is 16.8 Å². The lowest BCUT2D eigenvalue weighted by atomic mass is 9.77. The molecule has 1 spiro atoms. The van der Waals surface area contributed by atoms with Crippen molar-refractivity contribution in [3.05, 3.63) is 83.0 Å². The maximum absolute atomic E-state index is 14.0. The molecular weight excluding hydrogens is 392 g/mol. The third-order valence-electron chi connectivity index (χ3n) is 6.42. The van der Waals surface area contributed by atoms with Gasteiger partial charge < -0.3 is 18.9 Å². The minimum Gasteiger partial charge on any atom is -0.497 e. The summed E-state index contributed by atoms with van der Waals surface area (Å²) < 4.78 is 16.9. The topological polar surface area (TPSA) is 64.8 Å². The van der Waals surface area contributed by atoms with Crippen molar-refractivity contribution in [1.82, 2.24) is 5.16 Å². The molecular formula is C25H20N2O4. The Labute approximate surface area is 179 Å². The molecule has 4 aromatic rings. The van der Waals surface area contributed by atoms with Crippen LogP contribution in [0.3, 0.4) is 0 Å². The zero-order valence-electron chi connectivity index (χ0n) is 17.2. The predicted octanol–water partition coefficient (Wildman–Crippen LogP) is 4.37. The number of anilines is 1. The number of hydrogen-bond donors (Lipinski definition) is 0. The number of carbonyl (C=O) groups is 1. The van der Waals surface area contributed by atoms with E-state index in [-0.39, 0.29) is 12.5 Å². The molecule has 2 aliphatic rings. The van der Waals surface area contributed by atoms with Gasteiger partial charge in [-0.15, -0.1) is 0 Å². The van der Waals surface area contributed by atoms with Gasteiger partial charge in [-0.1, -0.05) is 35.5 Å². The molecule has 0 fully saturated rings. The zero-order valence-corrected chi connectivity index (χ0v) is 17.2. The first-order chi connectivity index (χ1) is 15.1. The van der Waals surface area contributed by atoms with Gasteiger partial charge in [0.1, 0.15) is 23.5 Å². The van der Waals surface area contributed by atoms with Crippen LogP contribution in [0.15, 0.2) is 65.2 Å². The van der Waals surface area contributed by atoms with Crippen molar-refractivity contribution in [2.45, 2.75) is 18.9 Å². The fraction of sp³-hybridized carbons (Fsp3) is 0.200. The molecule has 0 aliphatic carbocycles. The van der Waals surface area contributed by atoms with Crippen LogP contribution in [0.2, 0.25) is 0 Å². The highest BCUT2D eigenvalue weighted by atomic mass is 16.5. The lowest BCUT2D eigenvalue weighted by Gasteiger charge is -2.23. The first kappa shape index (κ1) is 18.0. The van der Waals surface area contributed by atoms with Crippen LogP contribution >= 0.6 is 0 Å². The minimum atomic E-state index is -0.882. The summed E-state index contributed by atoms with van der Waals surface area (Å²) in [5.41, 5.74) is 4.33. The van der Waals surface area contributed by atoms with Gasteiger partial charge in [0.25, 0.3) is 0 Å². The van der Waals surface area contributed by atoms with E-state index in [2.05, 4.69) is 5.16 Å². The highest BCUT2D eigenvalue weighted by Crippen LogP contribution is 2.53. The van der Waals surface area contributed by atoms with Crippen LogP contribution < -0.4 is 14.4 Å². The average molecular weight is 412 g/mol. The minimum absolute atomic E-state index is 0.0128. The molecule has 2 aliphatic heterocycles. The summed E-state index contributed by atoms with van der Waals surface area (Å²) in [7, 11) is 1.64. The second-order valence-corrected chi connectivity index (χ2v) is 8.06. The van der Waals surface area contributed by atoms with E-state index in [1.807, 2.05) is 72.5 Å². The Kier molecular flexibility index (Phi) is 3.69. The van der Waals surface area contributed by atoms with E-state index in [9.17, 15) is 4.79 Å². The number of aromatic nitrogens is 1. The van der Waals surface area contributed by atoms with Gasteiger partial charge in [-0.05, 0) is 48.4 Å². The molecule has 1 unspecified atom stereocenters. The number of nitrogens with zero attached hydrogens (tertiary/aromatic N) is 2. The smallest absolute Gasteiger partial charge is 0.246 e. The van der Waals surface area contributed by atoms with Gasteiger partial charge >= 0.3 is 0 Å². The number of carbonyl (C=O) groups excluding carboxylic acids is 1. The zero-order chi connectivity index (χ0) is 21.2. The Morgan fingerprint density at radius 2 is 1.90 bits per heavy atom. The summed E-state index contributed by atoms with van der Waals surface area (Å²) in [5, 5.41) is 4.97. The van der Waals surface area contributed by atoms with Crippen molar-refractivity contribution in [2.75, 3.05) is 18.6 Å². The molecule has 1 atom stereocenters. The van der Waals surface area contributed by atoms with E-state index in [1.54, 1.807) is 7.11 Å². The first-order valence-electron chi connectivity index (χ1n) is 10.2. The molecule has 0 bridgehead atoms. The van der Waals surface area contributed by atoms with Crippen LogP contribution in [0.1, 0.15) is 22.4 Å². The molecule has 3 aromatic carbocycles. The Balaban J connectivity index is 1.48. The number of methoxy groups -OCH3 is 1. The van der Waals surface area contributed by atoms with Crippen molar-refractivity contribution in [3.63, 3.8) is 0 Å². The summed E-state index contributed by atoms with van der Waals surface area (Å²) in [6.07, 6.45) is 0. The standard InChI is InChI=1S/C25H20N2O4/c1-15-18-11-23-20(12-22(18)31-26-15)25(14-30-23)19-5-3-4-6-21(19)27(24(25)28)13-16-7-9-17(29-2)10-8-16/h3-12H,13-14H2,1-2H3. The summed E-state index contributed by atoms with van der Waals surface area (Å²) in [6, 6.07) is 19.6. The monoisotopic (exact) mass is 412 g/mol. The van der Waals surface area contributed by atoms with Crippen LogP contribution in [0.5, 0.6) is 11.5 Å². The quantitative estimate of drug-likeness (QED) is 0.500. The third kappa shape index (κ3) is 2.39. The van der Waals surface area contributed by atoms with E-state index in [0.717, 1.165) is 39.2 Å². The van der Waals surface area contributed by atoms with Crippen molar-refractivity contribution < 1.29 is 18.8 Å². The first-order valence-corrected chi connectivity index (χ1v) is 10.2. The number of benzene rings is 3. The average Bonchev–Trinajstić information content (AvgIpc) is 3.43. The van der Waals surface area contributed by atoms with Gasteiger partial charge in [-0.25, -0.2) is 0 Å². The second-order valence-electron chi connectivity index (χ2n) is 8.06. The lowest BCUT2D eigenvalue weighted by molar-refractivity contribution is -0.122.